The fourth-order valence-electron chi connectivity index (χ4n) is 0.932. The maximum absolute atomic E-state index is 12.9. The van der Waals surface area contributed by atoms with E-state index in [2.05, 4.69) is 11.3 Å². The smallest absolute Gasteiger partial charge is 0.460 e. The highest BCUT2D eigenvalue weighted by molar-refractivity contribution is 5.81. The van der Waals surface area contributed by atoms with Crippen LogP contribution < -0.4 is 0 Å². The lowest BCUT2D eigenvalue weighted by molar-refractivity contribution is -0.386. The number of hydrogen-bond acceptors (Lipinski definition) is 2. The first-order valence-electron chi connectivity index (χ1n) is 5.70. The average molecular weight is 366 g/mol. The molecule has 24 heavy (non-hydrogen) atoms. The van der Waals surface area contributed by atoms with Gasteiger partial charge in [-0.05, 0) is 17.8 Å². The van der Waals surface area contributed by atoms with Crippen molar-refractivity contribution in [3.63, 3.8) is 0 Å². The molecular weight excluding hydrogens is 359 g/mol. The Balaban J connectivity index is 5.06. The van der Waals surface area contributed by atoms with Crippen molar-refractivity contribution < 1.29 is 49.0 Å². The molecule has 0 rings (SSSR count). The second-order valence-electron chi connectivity index (χ2n) is 3.89. The fraction of sp³-hybridized carbons (Fsp3) is 0.462. The Morgan fingerprint density at radius 3 is 1.96 bits per heavy atom. The Hall–Kier alpha value is -2.30. The van der Waals surface area contributed by atoms with Crippen LogP contribution >= 0.6 is 0 Å². The molecule has 0 aromatic heterocycles. The third-order valence-corrected chi connectivity index (χ3v) is 2.15. The van der Waals surface area contributed by atoms with Gasteiger partial charge in [-0.1, -0.05) is 12.5 Å². The molecule has 0 heterocycles. The highest BCUT2D eigenvalue weighted by Gasteiger charge is 2.81. The molecule has 0 saturated carbocycles. The summed E-state index contributed by atoms with van der Waals surface area (Å²) in [5.41, 5.74) is 0. The van der Waals surface area contributed by atoms with Gasteiger partial charge in [0.05, 0.1) is 0 Å². The third-order valence-electron chi connectivity index (χ3n) is 2.15. The summed E-state index contributed by atoms with van der Waals surface area (Å²) in [4.78, 5) is 10.6. The zero-order valence-corrected chi connectivity index (χ0v) is 11.4. The zero-order chi connectivity index (χ0) is 19.2. The molecule has 0 atom stereocenters. The molecule has 0 radical (unpaired) electrons. The molecule has 0 unspecified atom stereocenters. The number of ether oxygens (including phenoxy) is 1. The van der Waals surface area contributed by atoms with Gasteiger partial charge in [0.1, 0.15) is 6.61 Å². The number of carbonyl (C=O) groups is 1. The van der Waals surface area contributed by atoms with Gasteiger partial charge in [0.25, 0.3) is 0 Å². The predicted molar refractivity (Wildman–Crippen MR) is 62.2 cm³/mol. The van der Waals surface area contributed by atoms with Crippen LogP contribution in [0.3, 0.4) is 0 Å². The molecule has 0 aliphatic rings. The highest BCUT2D eigenvalue weighted by Crippen LogP contribution is 2.52. The summed E-state index contributed by atoms with van der Waals surface area (Å²) in [6.07, 6.45) is -6.38. The third kappa shape index (κ3) is 4.85. The lowest BCUT2D eigenvalue weighted by Gasteiger charge is -2.30. The molecule has 0 aliphatic heterocycles. The van der Waals surface area contributed by atoms with Crippen molar-refractivity contribution in [2.24, 2.45) is 0 Å². The standard InChI is InChI=1S/C13H7F9O2/c1-2-9(23)24-8-6-4-3-5-7-10(14,15)11(16,17)12(18,19)13(20,21)22/h2H,1,6,8H2. The van der Waals surface area contributed by atoms with Crippen molar-refractivity contribution in [2.45, 2.75) is 30.4 Å². The topological polar surface area (TPSA) is 26.3 Å². The molecule has 0 saturated heterocycles. The first-order valence-corrected chi connectivity index (χ1v) is 5.70. The highest BCUT2D eigenvalue weighted by atomic mass is 19.4. The van der Waals surface area contributed by atoms with E-state index in [1.54, 1.807) is 0 Å². The maximum Gasteiger partial charge on any atom is 0.460 e. The minimum atomic E-state index is -7.00. The van der Waals surface area contributed by atoms with Crippen LogP contribution in [0.2, 0.25) is 0 Å². The first kappa shape index (κ1) is 21.7. The van der Waals surface area contributed by atoms with Gasteiger partial charge in [-0.15, -0.1) is 0 Å². The minimum absolute atomic E-state index is 0.277. The average Bonchev–Trinajstić information content (AvgIpc) is 2.44. The Labute approximate surface area is 129 Å². The van der Waals surface area contributed by atoms with Crippen LogP contribution in [0.4, 0.5) is 39.5 Å². The molecule has 11 heteroatoms. The summed E-state index contributed by atoms with van der Waals surface area (Å²) in [7, 11) is 0. The molecular formula is C13H7F9O2. The Kier molecular flexibility index (Phi) is 6.79. The van der Waals surface area contributed by atoms with Gasteiger partial charge in [-0.25, -0.2) is 4.79 Å². The molecule has 0 aliphatic carbocycles. The van der Waals surface area contributed by atoms with Gasteiger partial charge >= 0.3 is 29.9 Å². The second-order valence-corrected chi connectivity index (χ2v) is 3.89. The van der Waals surface area contributed by atoms with Crippen LogP contribution in [0, 0.1) is 23.7 Å². The number of esters is 1. The summed E-state index contributed by atoms with van der Waals surface area (Å²) >= 11 is 0. The quantitative estimate of drug-likeness (QED) is 0.245. The van der Waals surface area contributed by atoms with E-state index in [0.717, 1.165) is 12.0 Å². The van der Waals surface area contributed by atoms with E-state index in [1.165, 1.54) is 5.92 Å². The molecule has 0 bridgehead atoms. The number of hydrogen-bond donors (Lipinski definition) is 0. The van der Waals surface area contributed by atoms with E-state index in [1.807, 2.05) is 5.92 Å². The molecule has 0 amide bonds. The molecule has 0 spiro atoms. The number of halogens is 9. The summed E-state index contributed by atoms with van der Waals surface area (Å²) in [6, 6.07) is 0. The van der Waals surface area contributed by atoms with Gasteiger partial charge in [0.15, 0.2) is 0 Å². The van der Waals surface area contributed by atoms with Gasteiger partial charge in [-0.3, -0.25) is 0 Å². The van der Waals surface area contributed by atoms with Crippen LogP contribution in [0.15, 0.2) is 12.7 Å². The molecule has 0 aromatic rings. The Bertz CT molecular complexity index is 597. The summed E-state index contributed by atoms with van der Waals surface area (Å²) < 4.78 is 116. The zero-order valence-electron chi connectivity index (χ0n) is 11.4. The van der Waals surface area contributed by atoms with E-state index in [-0.39, 0.29) is 18.9 Å². The largest absolute Gasteiger partial charge is 0.462 e. The molecule has 0 fully saturated rings. The van der Waals surface area contributed by atoms with Gasteiger partial charge in [0, 0.05) is 12.5 Å². The fourth-order valence-corrected chi connectivity index (χ4v) is 0.932. The Morgan fingerprint density at radius 2 is 1.50 bits per heavy atom. The lowest BCUT2D eigenvalue weighted by atomic mass is 10.0. The van der Waals surface area contributed by atoms with E-state index < -0.39 is 29.9 Å². The number of alkyl halides is 9. The summed E-state index contributed by atoms with van der Waals surface area (Å²) in [5.74, 6) is -15.8. The van der Waals surface area contributed by atoms with E-state index >= 15 is 0 Å². The van der Waals surface area contributed by atoms with Crippen molar-refractivity contribution in [3.8, 4) is 23.7 Å². The minimum Gasteiger partial charge on any atom is -0.462 e. The molecule has 134 valence electrons. The van der Waals surface area contributed by atoms with Gasteiger partial charge < -0.3 is 4.74 Å². The number of carbonyl (C=O) groups excluding carboxylic acids is 1. The molecule has 2 nitrogen and oxygen atoms in total. The van der Waals surface area contributed by atoms with Crippen molar-refractivity contribution in [1.82, 2.24) is 0 Å². The predicted octanol–water partition coefficient (Wildman–Crippen LogP) is 3.58. The second kappa shape index (κ2) is 7.51. The monoisotopic (exact) mass is 366 g/mol. The maximum atomic E-state index is 12.9. The summed E-state index contributed by atoms with van der Waals surface area (Å²) in [6.45, 7) is 2.71. The van der Waals surface area contributed by atoms with Crippen LogP contribution in [0.1, 0.15) is 6.42 Å². The summed E-state index contributed by atoms with van der Waals surface area (Å²) in [5, 5.41) is 0. The normalized spacial score (nSPS) is 12.4. The van der Waals surface area contributed by atoms with Crippen LogP contribution in [0.5, 0.6) is 0 Å². The van der Waals surface area contributed by atoms with Crippen LogP contribution in [0.25, 0.3) is 0 Å². The number of rotatable bonds is 5. The van der Waals surface area contributed by atoms with Crippen molar-refractivity contribution in [2.75, 3.05) is 6.61 Å². The SMILES string of the molecule is C=CC(=O)OCCC#CC#CC(F)(F)C(F)(F)C(F)(F)C(F)(F)F. The van der Waals surface area contributed by atoms with Gasteiger partial charge in [0.2, 0.25) is 0 Å². The van der Waals surface area contributed by atoms with Crippen molar-refractivity contribution in [1.29, 1.82) is 0 Å². The van der Waals surface area contributed by atoms with E-state index in [9.17, 15) is 44.3 Å². The van der Waals surface area contributed by atoms with E-state index in [4.69, 9.17) is 0 Å². The molecule has 0 N–H and O–H groups in total. The molecule has 0 aromatic carbocycles. The van der Waals surface area contributed by atoms with E-state index in [0.29, 0.717) is 0 Å². The lowest BCUT2D eigenvalue weighted by Crippen LogP contribution is -2.60. The first-order chi connectivity index (χ1) is 10.7. The van der Waals surface area contributed by atoms with Crippen LogP contribution in [-0.2, 0) is 9.53 Å². The van der Waals surface area contributed by atoms with Gasteiger partial charge in [-0.2, -0.15) is 39.5 Å². The van der Waals surface area contributed by atoms with Crippen molar-refractivity contribution in [3.05, 3.63) is 12.7 Å². The van der Waals surface area contributed by atoms with Crippen molar-refractivity contribution >= 4 is 5.97 Å². The Morgan fingerprint density at radius 1 is 0.958 bits per heavy atom. The van der Waals surface area contributed by atoms with Crippen LogP contribution in [-0.4, -0.2) is 36.5 Å².